The Morgan fingerprint density at radius 3 is 0.818 bits per heavy atom. The molecular formula is C112H88F4N28O4. The van der Waals surface area contributed by atoms with Gasteiger partial charge in [-0.15, -0.1) is 0 Å². The largest absolute Gasteiger partial charge is 0.335 e. The fourth-order valence-corrected chi connectivity index (χ4v) is 17.4. The summed E-state index contributed by atoms with van der Waals surface area (Å²) in [5, 5.41) is 45.2. The van der Waals surface area contributed by atoms with E-state index in [0.717, 1.165) is 107 Å². The van der Waals surface area contributed by atoms with Crippen LogP contribution in [0.3, 0.4) is 0 Å². The molecule has 0 saturated carbocycles. The minimum atomic E-state index is -0.336. The van der Waals surface area contributed by atoms with E-state index in [1.165, 1.54) is 24.3 Å². The van der Waals surface area contributed by atoms with Gasteiger partial charge in [0.25, 0.3) is 0 Å². The van der Waals surface area contributed by atoms with Crippen LogP contribution in [0.25, 0.3) is 223 Å². The Balaban J connectivity index is 0.000000116. The first kappa shape index (κ1) is 94.6. The van der Waals surface area contributed by atoms with Crippen molar-refractivity contribution in [3.63, 3.8) is 0 Å². The normalized spacial score (nSPS) is 11.3. The maximum absolute atomic E-state index is 14.5. The van der Waals surface area contributed by atoms with Crippen molar-refractivity contribution in [3.05, 3.63) is 317 Å². The highest BCUT2D eigenvalue weighted by molar-refractivity contribution is 6.05. The van der Waals surface area contributed by atoms with Crippen LogP contribution in [0.5, 0.6) is 0 Å². The molecule has 12 N–H and O–H groups in total. The topological polar surface area (TPSA) is 449 Å². The van der Waals surface area contributed by atoms with E-state index in [2.05, 4.69) is 129 Å². The molecule has 0 bridgehead atoms. The van der Waals surface area contributed by atoms with E-state index in [1.807, 2.05) is 118 Å². The molecule has 0 aliphatic carbocycles. The fourth-order valence-electron chi connectivity index (χ4n) is 17.4. The number of carbonyl (C=O) groups excluding carboxylic acids is 4. The molecule has 148 heavy (non-hydrogen) atoms. The molecule has 8 aromatic carbocycles. The van der Waals surface area contributed by atoms with Gasteiger partial charge in [0.05, 0.1) is 116 Å². The molecule has 16 heterocycles. The summed E-state index contributed by atoms with van der Waals surface area (Å²) in [4.78, 5) is 115. The molecule has 0 atom stereocenters. The SMILES string of the molecule is CC(C)C(=O)Nc1cncc(-c2ccc3[nH]nc(-c4nc5c(-c6ccccc6F)cncc5[nH]4)c3c2)c1.CCC(=O)Nc1cncc(-c2ccc3[nH]nc(-c4nc5c(-c6ccccc6F)cncc5[nH]4)c3c2)c1.CCCC(=O)Nc1cncc(-c2ccc3[nH]nc(-c4nc5c(-c6ccccc6F)cncc5[nH]4)c3c2)c1.CCCCC(=O)Nc1cncc(-c2ccc3[nH]nc(-c4nc5c(-c6ccccc6F)cncc5[nH]4)c3c2)c1. The van der Waals surface area contributed by atoms with Gasteiger partial charge in [-0.05, 0) is 132 Å². The predicted molar refractivity (Wildman–Crippen MR) is 564 cm³/mol. The highest BCUT2D eigenvalue weighted by Crippen LogP contribution is 2.42. The summed E-state index contributed by atoms with van der Waals surface area (Å²) < 4.78 is 58.1. The fraction of sp³-hybridized carbons (Fsp3) is 0.107. The van der Waals surface area contributed by atoms with Gasteiger partial charge in [-0.2, -0.15) is 20.4 Å². The van der Waals surface area contributed by atoms with Gasteiger partial charge in [0.1, 0.15) is 68.1 Å². The first-order chi connectivity index (χ1) is 72.3. The standard InChI is InChI=1S/C29H24FN7O.2C28H22FN7O.C27H20FN7O/c1-2-3-8-26(38)33-19-11-18(13-31-14-19)17-9-10-24-21(12-17)28(37-36-24)29-34-25-16-32-15-22(27(25)35-29)20-6-4-5-7-23(20)30;1-15(2)28(37)32-18-9-17(11-30-12-18)16-7-8-23-20(10-16)26(36-35-23)27-33-24-14-31-13-21(25(24)34-27)19-5-3-4-6-22(19)29;1-2-5-25(37)32-18-10-17(12-30-13-18)16-8-9-23-20(11-16)27(36-35-23)28-33-24-15-31-14-21(26(24)34-28)19-6-3-4-7-22(19)29;1-2-24(36)31-17-9-16(11-29-12-17)15-7-8-22-19(10-15)26(35-34-22)27-32-23-14-30-13-20(25(23)33-27)18-5-3-4-6-21(18)28/h4-7,9-16H,2-3,8H2,1H3,(H,33,38)(H,34,35)(H,36,37);3-15H,1-2H3,(H,32,37)(H,33,34)(H,35,36);3-4,6-15H,2,5H2,1H3,(H,32,37)(H,33,34)(H,35,36);3-14H,2H2,1H3,(H,31,36)(H,32,33)(H,34,35). The van der Waals surface area contributed by atoms with E-state index in [9.17, 15) is 36.7 Å². The number of fused-ring (bicyclic) bond motifs is 8. The Kier molecular flexibility index (Phi) is 26.5. The molecule has 24 aromatic rings. The molecule has 0 saturated heterocycles. The van der Waals surface area contributed by atoms with Gasteiger partial charge in [-0.1, -0.05) is 138 Å². The summed E-state index contributed by atoms with van der Waals surface area (Å²) in [6, 6.07) is 57.5. The number of benzene rings is 8. The highest BCUT2D eigenvalue weighted by atomic mass is 19.1. The van der Waals surface area contributed by atoms with Crippen molar-refractivity contribution in [3.8, 4) is 135 Å². The van der Waals surface area contributed by atoms with Gasteiger partial charge in [0.2, 0.25) is 23.6 Å². The number of H-pyrrole nitrogens is 8. The quantitative estimate of drug-likeness (QED) is 0.0265. The van der Waals surface area contributed by atoms with Gasteiger partial charge < -0.3 is 41.2 Å². The smallest absolute Gasteiger partial charge is 0.226 e. The Bertz CT molecular complexity index is 9190. The zero-order valence-corrected chi connectivity index (χ0v) is 79.8. The lowest BCUT2D eigenvalue weighted by molar-refractivity contribution is -0.119. The summed E-state index contributed by atoms with van der Waals surface area (Å²) in [6.45, 7) is 9.50. The van der Waals surface area contributed by atoms with Crippen LogP contribution in [0.2, 0.25) is 0 Å². The van der Waals surface area contributed by atoms with Crippen molar-refractivity contribution < 1.29 is 36.7 Å². The van der Waals surface area contributed by atoms with Crippen LogP contribution in [-0.4, -0.2) is 144 Å². The molecule has 728 valence electrons. The maximum Gasteiger partial charge on any atom is 0.226 e. The summed E-state index contributed by atoms with van der Waals surface area (Å²) in [7, 11) is 0. The molecule has 24 rings (SSSR count). The highest BCUT2D eigenvalue weighted by Gasteiger charge is 2.26. The third kappa shape index (κ3) is 19.7. The van der Waals surface area contributed by atoms with Gasteiger partial charge in [0.15, 0.2) is 23.3 Å². The van der Waals surface area contributed by atoms with Gasteiger partial charge in [-0.3, -0.25) is 79.4 Å². The molecule has 4 amide bonds. The summed E-state index contributed by atoms with van der Waals surface area (Å²) in [5.41, 5.74) is 24.9. The molecule has 32 nitrogen and oxygen atoms in total. The third-order valence-electron chi connectivity index (χ3n) is 24.9. The van der Waals surface area contributed by atoms with E-state index >= 15 is 0 Å². The number of unbranched alkanes of at least 4 members (excludes halogenated alkanes) is 1. The van der Waals surface area contributed by atoms with Crippen molar-refractivity contribution in [2.75, 3.05) is 21.3 Å². The first-order valence-corrected chi connectivity index (χ1v) is 47.6. The van der Waals surface area contributed by atoms with Crippen LogP contribution in [-0.2, 0) is 19.2 Å². The summed E-state index contributed by atoms with van der Waals surface area (Å²) >= 11 is 0. The van der Waals surface area contributed by atoms with Crippen molar-refractivity contribution in [2.45, 2.75) is 73.1 Å². The lowest BCUT2D eigenvalue weighted by Crippen LogP contribution is -2.17. The molecule has 0 aliphatic rings. The number of nitrogens with one attached hydrogen (secondary N) is 12. The van der Waals surface area contributed by atoms with Crippen LogP contribution in [0.4, 0.5) is 40.3 Å². The second kappa shape index (κ2) is 41.5. The molecule has 0 radical (unpaired) electrons. The number of amides is 4. The van der Waals surface area contributed by atoms with E-state index in [1.54, 1.807) is 179 Å². The first-order valence-electron chi connectivity index (χ1n) is 47.6. The molecule has 0 fully saturated rings. The monoisotopic (exact) mass is 1960 g/mol. The number of carbonyl (C=O) groups is 4. The van der Waals surface area contributed by atoms with Crippen LogP contribution in [0.1, 0.15) is 73.1 Å². The molecule has 36 heteroatoms. The van der Waals surface area contributed by atoms with Crippen LogP contribution >= 0.6 is 0 Å². The zero-order valence-electron chi connectivity index (χ0n) is 79.8. The van der Waals surface area contributed by atoms with Gasteiger partial charge >= 0.3 is 0 Å². The number of nitrogens with zero attached hydrogens (tertiary/aromatic N) is 16. The van der Waals surface area contributed by atoms with Crippen molar-refractivity contribution in [1.82, 2.24) is 121 Å². The van der Waals surface area contributed by atoms with Crippen molar-refractivity contribution in [1.29, 1.82) is 0 Å². The van der Waals surface area contributed by atoms with Crippen molar-refractivity contribution in [2.24, 2.45) is 5.92 Å². The zero-order chi connectivity index (χ0) is 102. The average molecular weight is 1970 g/mol. The number of imidazole rings is 4. The molecule has 0 unspecified atom stereocenters. The molecule has 0 aliphatic heterocycles. The van der Waals surface area contributed by atoms with Gasteiger partial charge in [0, 0.05) is 163 Å². The molecule has 0 spiro atoms. The Morgan fingerprint density at radius 2 is 0.547 bits per heavy atom. The second-order valence-electron chi connectivity index (χ2n) is 35.3. The Morgan fingerprint density at radius 1 is 0.277 bits per heavy atom. The number of hydrogen-bond donors (Lipinski definition) is 12. The Labute approximate surface area is 838 Å². The van der Waals surface area contributed by atoms with Crippen LogP contribution in [0.15, 0.2) is 293 Å². The summed E-state index contributed by atoms with van der Waals surface area (Å²) in [5.74, 6) is 0.497. The lowest BCUT2D eigenvalue weighted by atomic mass is 10.0. The third-order valence-corrected chi connectivity index (χ3v) is 24.9. The van der Waals surface area contributed by atoms with E-state index < -0.39 is 0 Å². The maximum atomic E-state index is 14.5. The molecular weight excluding hydrogens is 1880 g/mol. The molecule has 16 aromatic heterocycles. The minimum Gasteiger partial charge on any atom is -0.335 e. The predicted octanol–water partition coefficient (Wildman–Crippen LogP) is 24.3. The lowest BCUT2D eigenvalue weighted by Gasteiger charge is -2.09. The minimum absolute atomic E-state index is 0.0208. The second-order valence-corrected chi connectivity index (χ2v) is 35.3. The number of aromatic nitrogens is 24. The van der Waals surface area contributed by atoms with E-state index in [4.69, 9.17) is 19.9 Å². The average Bonchev–Trinajstić information content (AvgIpc) is 1.62. The van der Waals surface area contributed by atoms with Crippen LogP contribution in [0, 0.1) is 29.2 Å². The Hall–Kier alpha value is -19.7. The number of hydrogen-bond acceptors (Lipinski definition) is 20. The summed E-state index contributed by atoms with van der Waals surface area (Å²) in [6.07, 6.45) is 30.6. The number of pyridine rings is 8. The number of aromatic amines is 8. The number of halogens is 4. The van der Waals surface area contributed by atoms with Crippen molar-refractivity contribution >= 4 is 134 Å². The van der Waals surface area contributed by atoms with Gasteiger partial charge in [-0.25, -0.2) is 37.5 Å². The number of anilines is 4. The van der Waals surface area contributed by atoms with E-state index in [-0.39, 0.29) is 52.8 Å². The number of rotatable bonds is 23. The van der Waals surface area contributed by atoms with Crippen LogP contribution < -0.4 is 21.3 Å². The van der Waals surface area contributed by atoms with E-state index in [0.29, 0.717) is 177 Å².